The molecule has 6 rings (SSSR count). The molecule has 1 unspecified atom stereocenters. The van der Waals surface area contributed by atoms with Gasteiger partial charge in [0.15, 0.2) is 4.80 Å². The van der Waals surface area contributed by atoms with Gasteiger partial charge in [0.05, 0.1) is 42.2 Å². The molecule has 0 bridgehead atoms. The van der Waals surface area contributed by atoms with Crippen LogP contribution in [0.2, 0.25) is 0 Å². The minimum absolute atomic E-state index is 0.00273. The minimum atomic E-state index is -0.866. The summed E-state index contributed by atoms with van der Waals surface area (Å²) in [5.74, 6) is -0.861. The normalized spacial score (nSPS) is 16.9. The van der Waals surface area contributed by atoms with E-state index >= 15 is 0 Å². The van der Waals surface area contributed by atoms with Crippen LogP contribution in [-0.4, -0.2) is 30.2 Å². The number of hydrogen-bond donors (Lipinski definition) is 0. The number of para-hydroxylation sites is 1. The molecule has 1 aromatic heterocycles. The van der Waals surface area contributed by atoms with Crippen LogP contribution in [-0.2, 0) is 20.9 Å². The Morgan fingerprint density at radius 3 is 2.51 bits per heavy atom. The molecule has 0 radical (unpaired) electrons. The second kappa shape index (κ2) is 11.3. The van der Waals surface area contributed by atoms with E-state index in [1.165, 1.54) is 21.6 Å². The molecule has 0 saturated carbocycles. The molecule has 8 nitrogen and oxygen atoms in total. The first-order chi connectivity index (χ1) is 20.8. The summed E-state index contributed by atoms with van der Waals surface area (Å²) in [6, 6.07) is 19.6. The number of hydrogen-bond acceptors (Lipinski definition) is 7. The summed E-state index contributed by atoms with van der Waals surface area (Å²) < 4.78 is 26.9. The first-order valence-corrected chi connectivity index (χ1v) is 14.3. The van der Waals surface area contributed by atoms with Crippen LogP contribution in [0.15, 0.2) is 107 Å². The molecular formula is C33H26FN3O5S. The molecule has 0 fully saturated rings. The number of anilines is 1. The highest BCUT2D eigenvalue weighted by Crippen LogP contribution is 2.37. The van der Waals surface area contributed by atoms with E-state index in [1.807, 2.05) is 0 Å². The van der Waals surface area contributed by atoms with Gasteiger partial charge in [-0.05, 0) is 36.8 Å². The van der Waals surface area contributed by atoms with Crippen molar-refractivity contribution in [1.82, 2.24) is 4.57 Å². The van der Waals surface area contributed by atoms with E-state index in [-0.39, 0.29) is 28.8 Å². The monoisotopic (exact) mass is 595 g/mol. The van der Waals surface area contributed by atoms with E-state index in [4.69, 9.17) is 9.47 Å². The summed E-state index contributed by atoms with van der Waals surface area (Å²) in [6.45, 7) is 5.28. The maximum absolute atomic E-state index is 14.6. The Morgan fingerprint density at radius 2 is 1.79 bits per heavy atom. The third kappa shape index (κ3) is 4.79. The molecule has 2 aliphatic rings. The lowest BCUT2D eigenvalue weighted by Crippen LogP contribution is -2.41. The molecule has 3 heterocycles. The molecule has 1 amide bonds. The summed E-state index contributed by atoms with van der Waals surface area (Å²) in [5.41, 5.74) is 2.47. The average Bonchev–Trinajstić information content (AvgIpc) is 3.48. The van der Waals surface area contributed by atoms with Gasteiger partial charge in [0.25, 0.3) is 11.5 Å². The van der Waals surface area contributed by atoms with E-state index in [2.05, 4.69) is 11.6 Å². The standard InChI is InChI=1S/C33H26FN3O5S/c1-4-17-42-32(40)26-19(2)35-33-37(28(26)20-13-15-22(41-3)16-14-20)31(39)29(43-33)27-23-10-6-8-12-25(23)36(30(27)38)18-21-9-5-7-11-24(21)34/h4-16,28H,1,17-18H2,2-3H3/b29-27-. The number of allylic oxidation sites excluding steroid dienone is 1. The largest absolute Gasteiger partial charge is 0.497 e. The van der Waals surface area contributed by atoms with Crippen molar-refractivity contribution in [2.45, 2.75) is 19.5 Å². The highest BCUT2D eigenvalue weighted by Gasteiger charge is 2.37. The van der Waals surface area contributed by atoms with Gasteiger partial charge < -0.3 is 14.4 Å². The smallest absolute Gasteiger partial charge is 0.338 e. The molecule has 10 heteroatoms. The first kappa shape index (κ1) is 28.0. The second-order valence-corrected chi connectivity index (χ2v) is 10.9. The molecule has 43 heavy (non-hydrogen) atoms. The Labute approximate surface area is 250 Å². The van der Waals surface area contributed by atoms with Crippen molar-refractivity contribution < 1.29 is 23.5 Å². The number of ether oxygens (including phenoxy) is 2. The maximum atomic E-state index is 14.6. The highest BCUT2D eigenvalue weighted by atomic mass is 32.1. The second-order valence-electron chi connectivity index (χ2n) is 9.94. The van der Waals surface area contributed by atoms with Gasteiger partial charge in [0.2, 0.25) is 0 Å². The Balaban J connectivity index is 1.56. The van der Waals surface area contributed by atoms with E-state index in [1.54, 1.807) is 80.8 Å². The highest BCUT2D eigenvalue weighted by molar-refractivity contribution is 7.07. The number of carbonyl (C=O) groups excluding carboxylic acids is 2. The van der Waals surface area contributed by atoms with Crippen LogP contribution in [0.25, 0.3) is 5.57 Å². The third-order valence-electron chi connectivity index (χ3n) is 7.42. The zero-order chi connectivity index (χ0) is 30.2. The van der Waals surface area contributed by atoms with Gasteiger partial charge in [-0.15, -0.1) is 0 Å². The van der Waals surface area contributed by atoms with Crippen molar-refractivity contribution in [3.8, 4) is 5.75 Å². The number of fused-ring (bicyclic) bond motifs is 2. The summed E-state index contributed by atoms with van der Waals surface area (Å²) in [6.07, 6.45) is 1.46. The number of esters is 1. The Kier molecular flexibility index (Phi) is 7.37. The number of carbonyl (C=O) groups is 2. The zero-order valence-electron chi connectivity index (χ0n) is 23.4. The summed E-state index contributed by atoms with van der Waals surface area (Å²) in [5, 5.41) is 0. The van der Waals surface area contributed by atoms with Gasteiger partial charge >= 0.3 is 5.97 Å². The molecule has 3 aromatic carbocycles. The minimum Gasteiger partial charge on any atom is -0.497 e. The van der Waals surface area contributed by atoms with Crippen LogP contribution in [0.4, 0.5) is 10.1 Å². The predicted octanol–water partition coefficient (Wildman–Crippen LogP) is 4.03. The van der Waals surface area contributed by atoms with Crippen LogP contribution in [0, 0.1) is 5.82 Å². The topological polar surface area (TPSA) is 90.2 Å². The number of amides is 1. The van der Waals surface area contributed by atoms with Crippen molar-refractivity contribution >= 4 is 34.5 Å². The Bertz CT molecular complexity index is 2010. The van der Waals surface area contributed by atoms with Crippen LogP contribution >= 0.6 is 11.3 Å². The molecule has 0 aliphatic carbocycles. The maximum Gasteiger partial charge on any atom is 0.338 e. The van der Waals surface area contributed by atoms with Gasteiger partial charge in [0, 0.05) is 11.1 Å². The van der Waals surface area contributed by atoms with Gasteiger partial charge in [-0.3, -0.25) is 14.2 Å². The number of halogens is 1. The number of aromatic nitrogens is 1. The SMILES string of the molecule is C=CCOC(=O)C1=C(C)N=c2s/c(=C3\C(=O)N(Cc4ccccc4F)c4ccccc43)c(=O)n2C1c1ccc(OC)cc1. The number of methoxy groups -OCH3 is 1. The lowest BCUT2D eigenvalue weighted by molar-refractivity contribution is -0.138. The van der Waals surface area contributed by atoms with Crippen molar-refractivity contribution in [3.05, 3.63) is 139 Å². The molecule has 1 atom stereocenters. The van der Waals surface area contributed by atoms with Gasteiger partial charge in [0.1, 0.15) is 22.7 Å². The van der Waals surface area contributed by atoms with Gasteiger partial charge in [-0.2, -0.15) is 0 Å². The van der Waals surface area contributed by atoms with Crippen molar-refractivity contribution in [3.63, 3.8) is 0 Å². The molecule has 216 valence electrons. The number of thiazole rings is 1. The van der Waals surface area contributed by atoms with Crippen LogP contribution in [0.5, 0.6) is 5.75 Å². The summed E-state index contributed by atoms with van der Waals surface area (Å²) in [4.78, 5) is 48.1. The molecule has 0 N–H and O–H groups in total. The lowest BCUT2D eigenvalue weighted by atomic mass is 9.96. The van der Waals surface area contributed by atoms with E-state index < -0.39 is 29.3 Å². The molecule has 0 spiro atoms. The Hall–Kier alpha value is -5.09. The zero-order valence-corrected chi connectivity index (χ0v) is 24.2. The lowest BCUT2D eigenvalue weighted by Gasteiger charge is -2.24. The van der Waals surface area contributed by atoms with Crippen LogP contribution in [0.1, 0.15) is 29.7 Å². The average molecular weight is 596 g/mol. The van der Waals surface area contributed by atoms with E-state index in [9.17, 15) is 18.8 Å². The fourth-order valence-electron chi connectivity index (χ4n) is 5.40. The van der Waals surface area contributed by atoms with Crippen molar-refractivity contribution in [2.24, 2.45) is 4.99 Å². The van der Waals surface area contributed by atoms with Gasteiger partial charge in [-0.1, -0.05) is 72.5 Å². The van der Waals surface area contributed by atoms with Crippen molar-refractivity contribution in [2.75, 3.05) is 18.6 Å². The predicted molar refractivity (Wildman–Crippen MR) is 161 cm³/mol. The van der Waals surface area contributed by atoms with Gasteiger partial charge in [-0.25, -0.2) is 14.2 Å². The molecular weight excluding hydrogens is 569 g/mol. The molecule has 2 aliphatic heterocycles. The summed E-state index contributed by atoms with van der Waals surface area (Å²) in [7, 11) is 1.55. The molecule has 0 saturated heterocycles. The Morgan fingerprint density at radius 1 is 1.07 bits per heavy atom. The van der Waals surface area contributed by atoms with Crippen LogP contribution in [0.3, 0.4) is 0 Å². The quantitative estimate of drug-likeness (QED) is 0.238. The number of rotatable bonds is 7. The summed E-state index contributed by atoms with van der Waals surface area (Å²) >= 11 is 1.08. The number of nitrogens with zero attached hydrogens (tertiary/aromatic N) is 3. The van der Waals surface area contributed by atoms with E-state index in [0.717, 1.165) is 11.3 Å². The molecule has 4 aromatic rings. The van der Waals surface area contributed by atoms with E-state index in [0.29, 0.717) is 38.6 Å². The fourth-order valence-corrected chi connectivity index (χ4v) is 6.54. The third-order valence-corrected chi connectivity index (χ3v) is 8.47. The van der Waals surface area contributed by atoms with Crippen LogP contribution < -0.4 is 24.5 Å². The number of benzene rings is 3. The van der Waals surface area contributed by atoms with Crippen molar-refractivity contribution in [1.29, 1.82) is 0 Å². The fraction of sp³-hybridized carbons (Fsp3) is 0.152. The first-order valence-electron chi connectivity index (χ1n) is 13.5.